The van der Waals surface area contributed by atoms with Crippen molar-refractivity contribution < 1.29 is 4.79 Å². The Labute approximate surface area is 100 Å². The molecule has 2 rings (SSSR count). The predicted molar refractivity (Wildman–Crippen MR) is 62.3 cm³/mol. The number of aromatic amines is 1. The van der Waals surface area contributed by atoms with Crippen molar-refractivity contribution in [1.82, 2.24) is 30.5 Å². The maximum Gasteiger partial charge on any atom is 0.305 e. The molecule has 1 fully saturated rings. The van der Waals surface area contributed by atoms with Gasteiger partial charge in [-0.3, -0.25) is 15.3 Å². The molecular formula is C10H18N6O. The van der Waals surface area contributed by atoms with E-state index in [1.165, 1.54) is 0 Å². The Bertz CT molecular complexity index is 382. The molecule has 0 radical (unpaired) electrons. The molecule has 0 saturated carbocycles. The van der Waals surface area contributed by atoms with E-state index in [1.54, 1.807) is 0 Å². The van der Waals surface area contributed by atoms with E-state index in [2.05, 4.69) is 32.6 Å². The minimum Gasteiger partial charge on any atom is -0.304 e. The molecule has 0 aromatic carbocycles. The quantitative estimate of drug-likeness (QED) is 0.725. The van der Waals surface area contributed by atoms with Crippen molar-refractivity contribution in [1.29, 1.82) is 0 Å². The fourth-order valence-corrected chi connectivity index (χ4v) is 1.67. The van der Waals surface area contributed by atoms with Gasteiger partial charge in [0.05, 0.1) is 0 Å². The first-order valence-corrected chi connectivity index (χ1v) is 5.84. The van der Waals surface area contributed by atoms with Crippen molar-refractivity contribution >= 4 is 5.91 Å². The molecule has 94 valence electrons. The van der Waals surface area contributed by atoms with Crippen LogP contribution in [0.15, 0.2) is 0 Å². The molecule has 0 unspecified atom stereocenters. The SMILES string of the molecule is CCc1nc(C(=O)NN2CCN(C)CC2)n[nH]1. The Morgan fingerprint density at radius 3 is 2.71 bits per heavy atom. The lowest BCUT2D eigenvalue weighted by molar-refractivity contribution is 0.0653. The second kappa shape index (κ2) is 5.24. The molecule has 0 bridgehead atoms. The number of hydrogen-bond acceptors (Lipinski definition) is 5. The predicted octanol–water partition coefficient (Wildman–Crippen LogP) is -0.741. The van der Waals surface area contributed by atoms with Crippen LogP contribution in [-0.2, 0) is 6.42 Å². The van der Waals surface area contributed by atoms with Crippen molar-refractivity contribution in [2.24, 2.45) is 0 Å². The number of likely N-dealkylation sites (N-methyl/N-ethyl adjacent to an activating group) is 1. The van der Waals surface area contributed by atoms with Gasteiger partial charge in [-0.2, -0.15) is 0 Å². The summed E-state index contributed by atoms with van der Waals surface area (Å²) in [5.41, 5.74) is 2.82. The van der Waals surface area contributed by atoms with Gasteiger partial charge in [-0.15, -0.1) is 5.10 Å². The first-order valence-electron chi connectivity index (χ1n) is 5.84. The van der Waals surface area contributed by atoms with E-state index in [-0.39, 0.29) is 11.7 Å². The fourth-order valence-electron chi connectivity index (χ4n) is 1.67. The summed E-state index contributed by atoms with van der Waals surface area (Å²) in [5.74, 6) is 0.694. The molecule has 1 aliphatic heterocycles. The lowest BCUT2D eigenvalue weighted by Crippen LogP contribution is -2.52. The highest BCUT2D eigenvalue weighted by atomic mass is 16.2. The number of carbonyl (C=O) groups is 1. The maximum absolute atomic E-state index is 11.8. The van der Waals surface area contributed by atoms with Crippen LogP contribution in [0.1, 0.15) is 23.4 Å². The number of nitrogens with zero attached hydrogens (tertiary/aromatic N) is 4. The van der Waals surface area contributed by atoms with Gasteiger partial charge in [-0.1, -0.05) is 6.92 Å². The summed E-state index contributed by atoms with van der Waals surface area (Å²) in [7, 11) is 2.07. The number of nitrogens with one attached hydrogen (secondary N) is 2. The number of piperazine rings is 1. The van der Waals surface area contributed by atoms with Crippen LogP contribution < -0.4 is 5.43 Å². The molecular weight excluding hydrogens is 220 g/mol. The van der Waals surface area contributed by atoms with Gasteiger partial charge in [0.25, 0.3) is 0 Å². The van der Waals surface area contributed by atoms with Gasteiger partial charge in [0.2, 0.25) is 5.82 Å². The monoisotopic (exact) mass is 238 g/mol. The van der Waals surface area contributed by atoms with Crippen LogP contribution in [0, 0.1) is 0 Å². The van der Waals surface area contributed by atoms with E-state index < -0.39 is 0 Å². The van der Waals surface area contributed by atoms with Gasteiger partial charge < -0.3 is 4.90 Å². The molecule has 7 heteroatoms. The maximum atomic E-state index is 11.8. The molecule has 2 N–H and O–H groups in total. The number of H-pyrrole nitrogens is 1. The van der Waals surface area contributed by atoms with Gasteiger partial charge in [0.1, 0.15) is 5.82 Å². The van der Waals surface area contributed by atoms with Crippen LogP contribution in [0.3, 0.4) is 0 Å². The average molecular weight is 238 g/mol. The van der Waals surface area contributed by atoms with Crippen LogP contribution >= 0.6 is 0 Å². The zero-order chi connectivity index (χ0) is 12.3. The second-order valence-electron chi connectivity index (χ2n) is 4.19. The van der Waals surface area contributed by atoms with Crippen molar-refractivity contribution in [3.63, 3.8) is 0 Å². The van der Waals surface area contributed by atoms with Crippen molar-refractivity contribution in [3.05, 3.63) is 11.6 Å². The van der Waals surface area contributed by atoms with Crippen molar-refractivity contribution in [2.75, 3.05) is 33.2 Å². The molecule has 0 spiro atoms. The molecule has 0 aliphatic carbocycles. The van der Waals surface area contributed by atoms with Gasteiger partial charge in [0.15, 0.2) is 0 Å². The first-order chi connectivity index (χ1) is 8.19. The van der Waals surface area contributed by atoms with Gasteiger partial charge in [0, 0.05) is 32.6 Å². The zero-order valence-electron chi connectivity index (χ0n) is 10.2. The third kappa shape index (κ3) is 3.01. The van der Waals surface area contributed by atoms with Crippen molar-refractivity contribution in [3.8, 4) is 0 Å². The molecule has 1 saturated heterocycles. The molecule has 1 aliphatic rings. The summed E-state index contributed by atoms with van der Waals surface area (Å²) in [6.07, 6.45) is 0.745. The minimum absolute atomic E-state index is 0.209. The Morgan fingerprint density at radius 1 is 1.41 bits per heavy atom. The van der Waals surface area contributed by atoms with E-state index in [0.29, 0.717) is 0 Å². The largest absolute Gasteiger partial charge is 0.305 e. The second-order valence-corrected chi connectivity index (χ2v) is 4.19. The lowest BCUT2D eigenvalue weighted by atomic mass is 10.4. The summed E-state index contributed by atoms with van der Waals surface area (Å²) >= 11 is 0. The van der Waals surface area contributed by atoms with Crippen LogP contribution in [0.4, 0.5) is 0 Å². The van der Waals surface area contributed by atoms with Crippen LogP contribution in [-0.4, -0.2) is 64.2 Å². The zero-order valence-corrected chi connectivity index (χ0v) is 10.2. The minimum atomic E-state index is -0.245. The van der Waals surface area contributed by atoms with E-state index >= 15 is 0 Å². The molecule has 7 nitrogen and oxygen atoms in total. The number of carbonyl (C=O) groups excluding carboxylic acids is 1. The number of hydrazine groups is 1. The van der Waals surface area contributed by atoms with Gasteiger partial charge in [-0.25, -0.2) is 9.99 Å². The van der Waals surface area contributed by atoms with Crippen molar-refractivity contribution in [2.45, 2.75) is 13.3 Å². The van der Waals surface area contributed by atoms with E-state index in [4.69, 9.17) is 0 Å². The number of hydrogen-bond donors (Lipinski definition) is 2. The van der Waals surface area contributed by atoms with E-state index in [9.17, 15) is 4.79 Å². The molecule has 0 atom stereocenters. The molecule has 17 heavy (non-hydrogen) atoms. The number of rotatable bonds is 3. The van der Waals surface area contributed by atoms with Crippen LogP contribution in [0.25, 0.3) is 0 Å². The highest BCUT2D eigenvalue weighted by Gasteiger charge is 2.18. The average Bonchev–Trinajstić information content (AvgIpc) is 2.81. The Balaban J connectivity index is 1.88. The van der Waals surface area contributed by atoms with Gasteiger partial charge >= 0.3 is 5.91 Å². The number of aromatic nitrogens is 3. The van der Waals surface area contributed by atoms with Crippen LogP contribution in [0.5, 0.6) is 0 Å². The molecule has 1 aromatic rings. The van der Waals surface area contributed by atoms with Gasteiger partial charge in [-0.05, 0) is 7.05 Å². The smallest absolute Gasteiger partial charge is 0.304 e. The Morgan fingerprint density at radius 2 is 2.12 bits per heavy atom. The highest BCUT2D eigenvalue weighted by Crippen LogP contribution is 1.98. The fraction of sp³-hybridized carbons (Fsp3) is 0.700. The normalized spacial score (nSPS) is 18.2. The Hall–Kier alpha value is -1.47. The van der Waals surface area contributed by atoms with E-state index in [0.717, 1.165) is 38.4 Å². The first kappa shape index (κ1) is 12.0. The lowest BCUT2D eigenvalue weighted by Gasteiger charge is -2.31. The number of amides is 1. The topological polar surface area (TPSA) is 77.2 Å². The highest BCUT2D eigenvalue weighted by molar-refractivity contribution is 5.89. The molecule has 2 heterocycles. The summed E-state index contributed by atoms with van der Waals surface area (Å²) in [5, 5.41) is 8.52. The van der Waals surface area contributed by atoms with Crippen LogP contribution in [0.2, 0.25) is 0 Å². The molecule has 1 aromatic heterocycles. The summed E-state index contributed by atoms with van der Waals surface area (Å²) in [6, 6.07) is 0. The summed E-state index contributed by atoms with van der Waals surface area (Å²) in [4.78, 5) is 18.1. The third-order valence-electron chi connectivity index (χ3n) is 2.83. The third-order valence-corrected chi connectivity index (χ3v) is 2.83. The summed E-state index contributed by atoms with van der Waals surface area (Å²) in [6.45, 7) is 5.52. The Kier molecular flexibility index (Phi) is 3.70. The molecule has 1 amide bonds. The van der Waals surface area contributed by atoms with E-state index in [1.807, 2.05) is 11.9 Å². The standard InChI is InChI=1S/C10H18N6O/c1-3-8-11-9(13-12-8)10(17)14-16-6-4-15(2)5-7-16/h3-7H2,1-2H3,(H,14,17)(H,11,12,13). The number of aryl methyl sites for hydroxylation is 1. The summed E-state index contributed by atoms with van der Waals surface area (Å²) < 4.78 is 0.